The van der Waals surface area contributed by atoms with Crippen LogP contribution in [0.15, 0.2) is 4.99 Å². The van der Waals surface area contributed by atoms with E-state index in [4.69, 9.17) is 4.74 Å². The van der Waals surface area contributed by atoms with Gasteiger partial charge in [-0.2, -0.15) is 0 Å². The monoisotopic (exact) mass is 249 g/mol. The third-order valence-electron chi connectivity index (χ3n) is 1.55. The normalized spacial score (nSPS) is 13.7. The predicted molar refractivity (Wildman–Crippen MR) is 69.8 cm³/mol. The number of hydrogen-bond acceptors (Lipinski definition) is 5. The lowest BCUT2D eigenvalue weighted by Gasteiger charge is -2.10. The van der Waals surface area contributed by atoms with Crippen LogP contribution in [0.5, 0.6) is 0 Å². The number of carbonyl (C=O) groups excluding carboxylic acids is 1. The van der Waals surface area contributed by atoms with Gasteiger partial charge in [-0.1, -0.05) is 18.7 Å². The third kappa shape index (κ3) is 7.73. The van der Waals surface area contributed by atoms with Gasteiger partial charge in [0.25, 0.3) is 0 Å². The van der Waals surface area contributed by atoms with E-state index in [0.29, 0.717) is 5.94 Å². The van der Waals surface area contributed by atoms with Gasteiger partial charge in [0, 0.05) is 6.54 Å². The molecule has 5 heteroatoms. The van der Waals surface area contributed by atoms with Gasteiger partial charge in [-0.3, -0.25) is 9.79 Å². The largest absolute Gasteiger partial charge is 0.454 e. The molecule has 0 spiro atoms. The Morgan fingerprint density at radius 1 is 1.47 bits per heavy atom. The molecule has 0 N–H and O–H groups in total. The number of thioether (sulfide) groups is 2. The van der Waals surface area contributed by atoms with Crippen molar-refractivity contribution in [3.05, 3.63) is 0 Å². The molecule has 0 radical (unpaired) electrons. The fraction of sp³-hybridized carbons (Fsp3) is 0.800. The van der Waals surface area contributed by atoms with Crippen molar-refractivity contribution >= 4 is 34.5 Å². The van der Waals surface area contributed by atoms with E-state index in [1.807, 2.05) is 27.7 Å². The molecule has 0 aromatic rings. The molecule has 0 aliphatic carbocycles. The first-order valence-electron chi connectivity index (χ1n) is 5.03. The summed E-state index contributed by atoms with van der Waals surface area (Å²) in [7, 11) is 0. The summed E-state index contributed by atoms with van der Waals surface area (Å²) in [5.74, 6) is 1.25. The maximum atomic E-state index is 11.4. The van der Waals surface area contributed by atoms with E-state index in [1.54, 1.807) is 11.8 Å². The predicted octanol–water partition coefficient (Wildman–Crippen LogP) is 2.80. The number of ether oxygens (including phenoxy) is 1. The Morgan fingerprint density at radius 2 is 2.13 bits per heavy atom. The molecule has 0 bridgehead atoms. The lowest BCUT2D eigenvalue weighted by Crippen LogP contribution is -2.18. The van der Waals surface area contributed by atoms with Crippen molar-refractivity contribution in [2.75, 3.05) is 18.2 Å². The van der Waals surface area contributed by atoms with Crippen molar-refractivity contribution in [3.8, 4) is 0 Å². The Kier molecular flexibility index (Phi) is 9.00. The molecule has 0 aromatic carbocycles. The quantitative estimate of drug-likeness (QED) is 0.238. The number of esters is 1. The zero-order valence-electron chi connectivity index (χ0n) is 9.78. The summed E-state index contributed by atoms with van der Waals surface area (Å²) < 4.78 is 5.07. The van der Waals surface area contributed by atoms with Gasteiger partial charge < -0.3 is 4.74 Å². The first kappa shape index (κ1) is 14.8. The molecule has 0 aromatic heterocycles. The van der Waals surface area contributed by atoms with Gasteiger partial charge in [-0.25, -0.2) is 0 Å². The maximum Gasteiger partial charge on any atom is 0.320 e. The van der Waals surface area contributed by atoms with Crippen LogP contribution < -0.4 is 0 Å². The molecule has 0 saturated heterocycles. The van der Waals surface area contributed by atoms with Gasteiger partial charge >= 0.3 is 5.97 Å². The smallest absolute Gasteiger partial charge is 0.320 e. The van der Waals surface area contributed by atoms with Crippen LogP contribution in [0, 0.1) is 0 Å². The summed E-state index contributed by atoms with van der Waals surface area (Å²) >= 11 is 3.06. The minimum atomic E-state index is -0.169. The Hall–Kier alpha value is -0.160. The van der Waals surface area contributed by atoms with Gasteiger partial charge in [0.1, 0.15) is 11.2 Å². The topological polar surface area (TPSA) is 38.7 Å². The van der Waals surface area contributed by atoms with E-state index in [-0.39, 0.29) is 11.2 Å². The molecule has 15 heavy (non-hydrogen) atoms. The molecular weight excluding hydrogens is 230 g/mol. The van der Waals surface area contributed by atoms with Crippen LogP contribution in [-0.2, 0) is 9.53 Å². The molecule has 3 nitrogen and oxygen atoms in total. The lowest BCUT2D eigenvalue weighted by atomic mass is 10.5. The Bertz CT molecular complexity index is 219. The molecule has 1 unspecified atom stereocenters. The van der Waals surface area contributed by atoms with Gasteiger partial charge in [0.05, 0.1) is 5.04 Å². The molecule has 88 valence electrons. The molecule has 0 aliphatic rings. The fourth-order valence-corrected chi connectivity index (χ4v) is 2.11. The van der Waals surface area contributed by atoms with Crippen molar-refractivity contribution < 1.29 is 9.53 Å². The highest BCUT2D eigenvalue weighted by molar-refractivity contribution is 8.14. The van der Waals surface area contributed by atoms with E-state index in [2.05, 4.69) is 4.99 Å². The molecule has 0 aliphatic heterocycles. The molecule has 0 amide bonds. The zero-order chi connectivity index (χ0) is 11.7. The van der Waals surface area contributed by atoms with Crippen molar-refractivity contribution in [3.63, 3.8) is 0 Å². The highest BCUT2D eigenvalue weighted by Gasteiger charge is 2.15. The standard InChI is InChI=1S/C10H19NO2S2/c1-5-11-9(4)15-8(3)10(12)13-7-14-6-2/h8H,5-7H2,1-4H3. The highest BCUT2D eigenvalue weighted by Crippen LogP contribution is 2.15. The summed E-state index contributed by atoms with van der Waals surface area (Å²) in [6.07, 6.45) is 0. The number of nitrogens with zero attached hydrogens (tertiary/aromatic N) is 1. The highest BCUT2D eigenvalue weighted by atomic mass is 32.2. The van der Waals surface area contributed by atoms with Crippen molar-refractivity contribution in [2.24, 2.45) is 4.99 Å². The molecular formula is C10H19NO2S2. The van der Waals surface area contributed by atoms with Gasteiger partial charge in [-0.15, -0.1) is 11.8 Å². The van der Waals surface area contributed by atoms with Gasteiger partial charge in [0.15, 0.2) is 0 Å². The summed E-state index contributed by atoms with van der Waals surface area (Å²) in [4.78, 5) is 15.7. The zero-order valence-corrected chi connectivity index (χ0v) is 11.4. The van der Waals surface area contributed by atoms with E-state index >= 15 is 0 Å². The van der Waals surface area contributed by atoms with Crippen LogP contribution in [0.1, 0.15) is 27.7 Å². The Morgan fingerprint density at radius 3 is 2.67 bits per heavy atom. The second kappa shape index (κ2) is 9.09. The second-order valence-electron chi connectivity index (χ2n) is 2.83. The van der Waals surface area contributed by atoms with E-state index < -0.39 is 0 Å². The van der Waals surface area contributed by atoms with Crippen LogP contribution >= 0.6 is 23.5 Å². The molecule has 0 fully saturated rings. The van der Waals surface area contributed by atoms with Crippen molar-refractivity contribution in [2.45, 2.75) is 32.9 Å². The first-order chi connectivity index (χ1) is 7.11. The van der Waals surface area contributed by atoms with E-state index in [1.165, 1.54) is 11.8 Å². The minimum absolute atomic E-state index is 0.161. The molecule has 0 rings (SSSR count). The number of rotatable bonds is 6. The Labute approximate surface area is 100 Å². The average molecular weight is 249 g/mol. The summed E-state index contributed by atoms with van der Waals surface area (Å²) in [6, 6.07) is 0. The number of aliphatic imine (C=N–C) groups is 1. The van der Waals surface area contributed by atoms with Crippen LogP contribution in [0.25, 0.3) is 0 Å². The molecule has 0 heterocycles. The van der Waals surface area contributed by atoms with Crippen LogP contribution in [-0.4, -0.2) is 34.5 Å². The van der Waals surface area contributed by atoms with Crippen LogP contribution in [0.4, 0.5) is 0 Å². The minimum Gasteiger partial charge on any atom is -0.454 e. The average Bonchev–Trinajstić information content (AvgIpc) is 2.18. The van der Waals surface area contributed by atoms with E-state index in [0.717, 1.165) is 17.3 Å². The van der Waals surface area contributed by atoms with Gasteiger partial charge in [0.2, 0.25) is 0 Å². The SMILES string of the molecule is CCN=C(C)SC(C)C(=O)OCSCC. The van der Waals surface area contributed by atoms with E-state index in [9.17, 15) is 4.79 Å². The summed E-state index contributed by atoms with van der Waals surface area (Å²) in [5, 5.41) is 0.767. The summed E-state index contributed by atoms with van der Waals surface area (Å²) in [6.45, 7) is 8.53. The number of hydrogen-bond donors (Lipinski definition) is 0. The fourth-order valence-electron chi connectivity index (χ4n) is 0.864. The van der Waals surface area contributed by atoms with Crippen LogP contribution in [0.2, 0.25) is 0 Å². The van der Waals surface area contributed by atoms with Crippen molar-refractivity contribution in [1.82, 2.24) is 0 Å². The first-order valence-corrected chi connectivity index (χ1v) is 7.07. The Balaban J connectivity index is 3.83. The maximum absolute atomic E-state index is 11.4. The van der Waals surface area contributed by atoms with Crippen molar-refractivity contribution in [1.29, 1.82) is 0 Å². The molecule has 0 saturated carbocycles. The lowest BCUT2D eigenvalue weighted by molar-refractivity contribution is -0.140. The van der Waals surface area contributed by atoms with Crippen LogP contribution in [0.3, 0.4) is 0 Å². The van der Waals surface area contributed by atoms with Gasteiger partial charge in [-0.05, 0) is 26.5 Å². The number of carbonyl (C=O) groups is 1. The second-order valence-corrected chi connectivity index (χ2v) is 5.58. The summed E-state index contributed by atoms with van der Waals surface area (Å²) in [5.41, 5.74) is 0. The third-order valence-corrected chi connectivity index (χ3v) is 3.26. The molecule has 1 atom stereocenters.